The average molecular weight is 293 g/mol. The minimum atomic E-state index is -5.27. The van der Waals surface area contributed by atoms with Crippen LogP contribution < -0.4 is 0 Å². The number of phenolic OH excluding ortho intramolecular Hbond substituents is 1. The number of phenols is 1. The molecular weight excluding hydrogens is 280 g/mol. The molecule has 0 aliphatic rings. The number of carboxylic acid groups (broad SMARTS) is 2. The fraction of sp³-hybridized carbons (Fsp3) is 0.200. The topological polar surface area (TPSA) is 149 Å². The average Bonchev–Trinajstić information content (AvgIpc) is 2.28. The van der Waals surface area contributed by atoms with Gasteiger partial charge in [-0.05, 0) is 12.1 Å². The molecule has 0 aromatic heterocycles. The first-order valence-corrected chi connectivity index (χ1v) is 6.11. The quantitative estimate of drug-likeness (QED) is 0.575. The van der Waals surface area contributed by atoms with Gasteiger partial charge in [0, 0.05) is 0 Å². The Morgan fingerprint density at radius 1 is 1.21 bits per heavy atom. The van der Waals surface area contributed by atoms with Crippen LogP contribution in [-0.2, 0) is 19.7 Å². The van der Waals surface area contributed by atoms with Crippen LogP contribution in [0.2, 0.25) is 0 Å². The van der Waals surface area contributed by atoms with E-state index in [0.717, 1.165) is 0 Å². The summed E-state index contributed by atoms with van der Waals surface area (Å²) in [4.78, 5) is 20.2. The van der Waals surface area contributed by atoms with Crippen molar-refractivity contribution in [3.8, 4) is 5.75 Å². The van der Waals surface area contributed by atoms with Gasteiger partial charge in [-0.2, -0.15) is 8.42 Å². The van der Waals surface area contributed by atoms with E-state index in [4.69, 9.17) is 21.2 Å². The lowest BCUT2D eigenvalue weighted by Gasteiger charge is -2.04. The summed E-state index contributed by atoms with van der Waals surface area (Å²) in [5, 5.41) is 21.5. The van der Waals surface area contributed by atoms with Gasteiger partial charge in [-0.25, -0.2) is 0 Å². The summed E-state index contributed by atoms with van der Waals surface area (Å²) in [6.07, 6.45) is -1.53. The van der Waals surface area contributed by atoms with Gasteiger partial charge in [0.05, 0.1) is 7.79 Å². The number of aromatic hydroxyl groups is 1. The lowest BCUT2D eigenvalue weighted by atomic mass is 10.3. The van der Waals surface area contributed by atoms with Crippen LogP contribution in [0.3, 0.4) is 0 Å². The fourth-order valence-corrected chi connectivity index (χ4v) is 1.37. The Balaban J connectivity index is 0.000000428. The van der Waals surface area contributed by atoms with Crippen molar-refractivity contribution in [1.82, 2.24) is 0 Å². The summed E-state index contributed by atoms with van der Waals surface area (Å²) in [7, 11) is -5.27. The van der Waals surface area contributed by atoms with Crippen LogP contribution in [-0.4, -0.2) is 45.5 Å². The van der Waals surface area contributed by atoms with Gasteiger partial charge < -0.3 is 15.3 Å². The summed E-state index contributed by atoms with van der Waals surface area (Å²) < 4.78 is 35.7. The predicted octanol–water partition coefficient (Wildman–Crippen LogP) is 0.194. The van der Waals surface area contributed by atoms with Gasteiger partial charge in [0.25, 0.3) is 10.1 Å². The van der Waals surface area contributed by atoms with Gasteiger partial charge in [-0.1, -0.05) is 18.2 Å². The van der Waals surface area contributed by atoms with E-state index in [9.17, 15) is 18.0 Å². The summed E-state index contributed by atoms with van der Waals surface area (Å²) in [6, 6.07) is 8.71. The van der Waals surface area contributed by atoms with E-state index < -0.39 is 33.7 Å². The van der Waals surface area contributed by atoms with E-state index in [1.807, 2.05) is 6.07 Å². The number of para-hydroxylation sites is 1. The van der Waals surface area contributed by atoms with Gasteiger partial charge in [-0.3, -0.25) is 14.1 Å². The zero-order valence-electron chi connectivity index (χ0n) is 10.4. The van der Waals surface area contributed by atoms with Crippen LogP contribution in [0.4, 0.5) is 0 Å². The van der Waals surface area contributed by atoms with Crippen molar-refractivity contribution in [2.75, 3.05) is 0 Å². The number of hydrogen-bond acceptors (Lipinski definition) is 5. The highest BCUT2D eigenvalue weighted by Gasteiger charge is 2.33. The summed E-state index contributed by atoms with van der Waals surface area (Å²) >= 11 is 0. The van der Waals surface area contributed by atoms with Gasteiger partial charge in [-0.15, -0.1) is 0 Å². The van der Waals surface area contributed by atoms with E-state index in [1.165, 1.54) is 0 Å². The van der Waals surface area contributed by atoms with Crippen LogP contribution in [0.1, 0.15) is 7.79 Å². The molecule has 0 bridgehead atoms. The van der Waals surface area contributed by atoms with Gasteiger partial charge >= 0.3 is 11.9 Å². The van der Waals surface area contributed by atoms with Crippen molar-refractivity contribution in [2.24, 2.45) is 0 Å². The maximum absolute atomic E-state index is 10.4. The molecule has 0 spiro atoms. The Hall–Kier alpha value is -2.13. The van der Waals surface area contributed by atoms with Crippen LogP contribution >= 0.6 is 0 Å². The molecule has 1 aromatic rings. The third kappa shape index (κ3) is 7.73. The van der Waals surface area contributed by atoms with Crippen molar-refractivity contribution in [3.63, 3.8) is 0 Å². The number of benzene rings is 1. The molecule has 1 aromatic carbocycles. The highest BCUT2D eigenvalue weighted by atomic mass is 32.2. The zero-order valence-corrected chi connectivity index (χ0v) is 10.2. The Bertz CT molecular complexity index is 570. The Labute approximate surface area is 110 Å². The Morgan fingerprint density at radius 3 is 1.84 bits per heavy atom. The van der Waals surface area contributed by atoms with Crippen LogP contribution in [0.15, 0.2) is 30.3 Å². The van der Waals surface area contributed by atoms with Crippen molar-refractivity contribution >= 4 is 22.1 Å². The molecule has 1 atom stereocenters. The van der Waals surface area contributed by atoms with Gasteiger partial charge in [0.1, 0.15) is 5.75 Å². The molecule has 106 valence electrons. The minimum absolute atomic E-state index is 0.322. The molecular formula is C10H12O8S. The monoisotopic (exact) mass is 293 g/mol. The van der Waals surface area contributed by atoms with E-state index >= 15 is 0 Å². The molecule has 0 aliphatic heterocycles. The molecule has 0 heterocycles. The van der Waals surface area contributed by atoms with E-state index in [0.29, 0.717) is 5.75 Å². The van der Waals surface area contributed by atoms with Crippen LogP contribution in [0.5, 0.6) is 5.75 Å². The lowest BCUT2D eigenvalue weighted by molar-refractivity contribution is -0.143. The molecule has 8 nitrogen and oxygen atoms in total. The van der Waals surface area contributed by atoms with Gasteiger partial charge in [0.15, 0.2) is 5.23 Å². The normalized spacial score (nSPS) is 14.3. The second-order valence-corrected chi connectivity index (χ2v) is 4.55. The first-order chi connectivity index (χ1) is 9.00. The smallest absolute Gasteiger partial charge is 0.325 e. The molecule has 19 heavy (non-hydrogen) atoms. The van der Waals surface area contributed by atoms with Crippen molar-refractivity contribution in [2.45, 2.75) is 11.6 Å². The summed E-state index contributed by atoms with van der Waals surface area (Å²) in [5.74, 6) is -3.73. The predicted molar refractivity (Wildman–Crippen MR) is 63.3 cm³/mol. The summed E-state index contributed by atoms with van der Waals surface area (Å²) in [5.41, 5.74) is 0. The fourth-order valence-electron chi connectivity index (χ4n) is 0.842. The highest BCUT2D eigenvalue weighted by molar-refractivity contribution is 7.87. The molecule has 0 radical (unpaired) electrons. The molecule has 0 saturated heterocycles. The second-order valence-electron chi connectivity index (χ2n) is 3.11. The molecule has 0 fully saturated rings. The number of hydrogen-bond donors (Lipinski definition) is 4. The largest absolute Gasteiger partial charge is 0.508 e. The van der Waals surface area contributed by atoms with E-state index in [2.05, 4.69) is 0 Å². The maximum atomic E-state index is 10.4. The number of rotatable bonds is 4. The van der Waals surface area contributed by atoms with Crippen molar-refractivity contribution < 1.29 is 39.2 Å². The first-order valence-electron chi connectivity index (χ1n) is 5.17. The molecule has 0 saturated carbocycles. The lowest BCUT2D eigenvalue weighted by Crippen LogP contribution is -2.31. The molecule has 1 rings (SSSR count). The summed E-state index contributed by atoms with van der Waals surface area (Å²) in [6.45, 7) is 0. The molecule has 0 amide bonds. The molecule has 9 heteroatoms. The van der Waals surface area contributed by atoms with E-state index in [1.54, 1.807) is 24.3 Å². The van der Waals surface area contributed by atoms with Crippen molar-refractivity contribution in [1.29, 1.82) is 0 Å². The number of aliphatic carboxylic acids is 2. The Morgan fingerprint density at radius 2 is 1.68 bits per heavy atom. The van der Waals surface area contributed by atoms with E-state index in [-0.39, 0.29) is 0 Å². The number of carboxylic acids is 2. The SMILES string of the molecule is Oc1ccccc1.[2H]C(CC(=O)O)(C(=O)O)S(=O)(=O)O. The standard InChI is InChI=1S/C6H6O.C4H6O7S/c7-6-4-2-1-3-5-6;5-3(6)1-2(4(7)8)12(9,10)11/h1-5,7H;2H,1H2,(H,5,6)(H,7,8)(H,9,10,11)/i;2D. The number of carbonyl (C=O) groups is 2. The molecule has 1 unspecified atom stereocenters. The van der Waals surface area contributed by atoms with Crippen molar-refractivity contribution in [3.05, 3.63) is 30.3 Å². The third-order valence-corrected chi connectivity index (χ3v) is 2.56. The van der Waals surface area contributed by atoms with Gasteiger partial charge in [0.2, 0.25) is 0 Å². The maximum Gasteiger partial charge on any atom is 0.325 e. The first kappa shape index (κ1) is 14.9. The third-order valence-electron chi connectivity index (χ3n) is 1.62. The van der Waals surface area contributed by atoms with Crippen LogP contribution in [0.25, 0.3) is 0 Å². The molecule has 0 aliphatic carbocycles. The highest BCUT2D eigenvalue weighted by Crippen LogP contribution is 2.04. The zero-order chi connectivity index (χ0) is 16.0. The second kappa shape index (κ2) is 7.34. The molecule has 4 N–H and O–H groups in total. The Kier molecular flexibility index (Phi) is 5.76. The minimum Gasteiger partial charge on any atom is -0.508 e. The van der Waals surface area contributed by atoms with Crippen LogP contribution in [0, 0.1) is 0 Å².